The van der Waals surface area contributed by atoms with E-state index in [0.29, 0.717) is 23.0 Å². The van der Waals surface area contributed by atoms with Gasteiger partial charge in [-0.05, 0) is 24.6 Å². The minimum Gasteiger partial charge on any atom is -0.399 e. The number of anilines is 2. The zero-order valence-corrected chi connectivity index (χ0v) is 12.8. The van der Waals surface area contributed by atoms with Crippen molar-refractivity contribution in [1.82, 2.24) is 15.2 Å². The second kappa shape index (κ2) is 5.01. The monoisotopic (exact) mass is 323 g/mol. The number of nitrogens with two attached hydrogens (primary N) is 1. The average molecular weight is 323 g/mol. The summed E-state index contributed by atoms with van der Waals surface area (Å²) in [5.41, 5.74) is 6.92. The van der Waals surface area contributed by atoms with E-state index in [9.17, 15) is 8.42 Å². The van der Waals surface area contributed by atoms with E-state index in [2.05, 4.69) is 19.9 Å². The summed E-state index contributed by atoms with van der Waals surface area (Å²) in [7, 11) is -3.72. The maximum Gasteiger partial charge on any atom is 0.265 e. The largest absolute Gasteiger partial charge is 0.399 e. The second-order valence-corrected chi connectivity index (χ2v) is 7.13. The summed E-state index contributed by atoms with van der Waals surface area (Å²) >= 11 is 1.22. The van der Waals surface area contributed by atoms with E-state index in [1.165, 1.54) is 17.5 Å². The molecular weight excluding hydrogens is 310 g/mol. The molecule has 4 N–H and O–H groups in total. The van der Waals surface area contributed by atoms with Crippen LogP contribution in [0.2, 0.25) is 0 Å². The van der Waals surface area contributed by atoms with E-state index in [1.807, 2.05) is 6.92 Å². The van der Waals surface area contributed by atoms with E-state index in [4.69, 9.17) is 5.73 Å². The molecule has 0 radical (unpaired) electrons. The molecule has 0 saturated carbocycles. The van der Waals surface area contributed by atoms with Crippen LogP contribution in [-0.4, -0.2) is 23.6 Å². The molecule has 21 heavy (non-hydrogen) atoms. The summed E-state index contributed by atoms with van der Waals surface area (Å²) in [5.74, 6) is 0. The standard InChI is InChI=1S/C12H13N5O2S2/c1-2-11-15-16-12(20-11)17-21(18,19)10-6-14-9-5-7(13)3-4-8(9)10/h3-6,14H,2,13H2,1H3,(H,16,17). The Morgan fingerprint density at radius 2 is 2.19 bits per heavy atom. The van der Waals surface area contributed by atoms with Gasteiger partial charge in [-0.3, -0.25) is 4.72 Å². The van der Waals surface area contributed by atoms with Crippen molar-refractivity contribution in [3.05, 3.63) is 29.4 Å². The van der Waals surface area contributed by atoms with Crippen LogP contribution < -0.4 is 10.5 Å². The highest BCUT2D eigenvalue weighted by atomic mass is 32.2. The number of hydrogen-bond donors (Lipinski definition) is 3. The molecule has 2 aromatic heterocycles. The third-order valence-corrected chi connectivity index (χ3v) is 5.44. The molecule has 0 bridgehead atoms. The number of nitrogens with zero attached hydrogens (tertiary/aromatic N) is 2. The van der Waals surface area contributed by atoms with Crippen LogP contribution >= 0.6 is 11.3 Å². The average Bonchev–Trinajstić information content (AvgIpc) is 3.04. The maximum absolute atomic E-state index is 12.4. The number of fused-ring (bicyclic) bond motifs is 1. The van der Waals surface area contributed by atoms with Crippen molar-refractivity contribution in [3.63, 3.8) is 0 Å². The molecule has 7 nitrogen and oxygen atoms in total. The van der Waals surface area contributed by atoms with Gasteiger partial charge in [0.15, 0.2) is 0 Å². The molecule has 0 amide bonds. The fourth-order valence-corrected chi connectivity index (χ4v) is 4.04. The molecule has 0 fully saturated rings. The first-order chi connectivity index (χ1) is 9.99. The Bertz CT molecular complexity index is 897. The molecule has 0 aliphatic rings. The van der Waals surface area contributed by atoms with E-state index in [0.717, 1.165) is 5.01 Å². The topological polar surface area (TPSA) is 114 Å². The fraction of sp³-hybridized carbons (Fsp3) is 0.167. The number of hydrogen-bond acceptors (Lipinski definition) is 6. The number of aryl methyl sites for hydroxylation is 1. The van der Waals surface area contributed by atoms with Gasteiger partial charge in [-0.1, -0.05) is 18.3 Å². The third kappa shape index (κ3) is 2.57. The number of benzene rings is 1. The number of nitrogen functional groups attached to an aromatic ring is 1. The first-order valence-electron chi connectivity index (χ1n) is 6.21. The minimum atomic E-state index is -3.72. The van der Waals surface area contributed by atoms with Gasteiger partial charge in [0.05, 0.1) is 0 Å². The summed E-state index contributed by atoms with van der Waals surface area (Å²) in [6.45, 7) is 1.93. The van der Waals surface area contributed by atoms with Gasteiger partial charge in [-0.25, -0.2) is 8.42 Å². The molecule has 3 aromatic rings. The number of aromatic nitrogens is 3. The molecule has 0 saturated heterocycles. The van der Waals surface area contributed by atoms with Crippen molar-refractivity contribution in [1.29, 1.82) is 0 Å². The summed E-state index contributed by atoms with van der Waals surface area (Å²) in [6.07, 6.45) is 2.15. The smallest absolute Gasteiger partial charge is 0.265 e. The molecular formula is C12H13N5O2S2. The summed E-state index contributed by atoms with van der Waals surface area (Å²) < 4.78 is 27.3. The van der Waals surface area contributed by atoms with Gasteiger partial charge in [0.2, 0.25) is 5.13 Å². The highest BCUT2D eigenvalue weighted by molar-refractivity contribution is 7.93. The minimum absolute atomic E-state index is 0.158. The quantitative estimate of drug-likeness (QED) is 0.635. The molecule has 0 atom stereocenters. The van der Waals surface area contributed by atoms with Crippen LogP contribution in [0.25, 0.3) is 10.9 Å². The van der Waals surface area contributed by atoms with Gasteiger partial charge >= 0.3 is 0 Å². The Balaban J connectivity index is 2.00. The first-order valence-corrected chi connectivity index (χ1v) is 8.51. The molecule has 110 valence electrons. The highest BCUT2D eigenvalue weighted by Crippen LogP contribution is 2.27. The Labute approximate surface area is 125 Å². The lowest BCUT2D eigenvalue weighted by Gasteiger charge is -2.03. The van der Waals surface area contributed by atoms with E-state index >= 15 is 0 Å². The summed E-state index contributed by atoms with van der Waals surface area (Å²) in [6, 6.07) is 5.02. The Kier molecular flexibility index (Phi) is 3.30. The van der Waals surface area contributed by atoms with Crippen LogP contribution in [0.3, 0.4) is 0 Å². The second-order valence-electron chi connectivity index (χ2n) is 4.42. The van der Waals surface area contributed by atoms with Gasteiger partial charge in [-0.2, -0.15) is 0 Å². The molecule has 0 spiro atoms. The lowest BCUT2D eigenvalue weighted by Crippen LogP contribution is -2.12. The van der Waals surface area contributed by atoms with Crippen LogP contribution in [0.15, 0.2) is 29.3 Å². The normalized spacial score (nSPS) is 11.9. The number of rotatable bonds is 4. The van der Waals surface area contributed by atoms with Crippen LogP contribution in [0, 0.1) is 0 Å². The van der Waals surface area contributed by atoms with Crippen LogP contribution in [0.5, 0.6) is 0 Å². The van der Waals surface area contributed by atoms with Crippen LogP contribution in [0.1, 0.15) is 11.9 Å². The lowest BCUT2D eigenvalue weighted by molar-refractivity contribution is 0.602. The van der Waals surface area contributed by atoms with Gasteiger partial charge in [0.25, 0.3) is 10.0 Å². The van der Waals surface area contributed by atoms with Crippen molar-refractivity contribution in [2.24, 2.45) is 0 Å². The van der Waals surface area contributed by atoms with Crippen molar-refractivity contribution >= 4 is 43.1 Å². The van der Waals surface area contributed by atoms with Crippen molar-refractivity contribution in [3.8, 4) is 0 Å². The van der Waals surface area contributed by atoms with Gasteiger partial charge in [-0.15, -0.1) is 10.2 Å². The lowest BCUT2D eigenvalue weighted by atomic mass is 10.2. The predicted molar refractivity (Wildman–Crippen MR) is 82.8 cm³/mol. The van der Waals surface area contributed by atoms with Crippen molar-refractivity contribution < 1.29 is 8.42 Å². The molecule has 9 heteroatoms. The summed E-state index contributed by atoms with van der Waals surface area (Å²) in [4.78, 5) is 3.06. The van der Waals surface area contributed by atoms with Crippen molar-refractivity contribution in [2.45, 2.75) is 18.2 Å². The van der Waals surface area contributed by atoms with Gasteiger partial charge in [0.1, 0.15) is 9.90 Å². The number of nitrogens with one attached hydrogen (secondary N) is 2. The highest BCUT2D eigenvalue weighted by Gasteiger charge is 2.20. The Morgan fingerprint density at radius 3 is 2.90 bits per heavy atom. The van der Waals surface area contributed by atoms with E-state index in [1.54, 1.807) is 18.2 Å². The zero-order valence-electron chi connectivity index (χ0n) is 11.1. The van der Waals surface area contributed by atoms with Gasteiger partial charge < -0.3 is 10.7 Å². The Morgan fingerprint density at radius 1 is 1.38 bits per heavy atom. The maximum atomic E-state index is 12.4. The van der Waals surface area contributed by atoms with E-state index in [-0.39, 0.29) is 10.0 Å². The van der Waals surface area contributed by atoms with Crippen LogP contribution in [0.4, 0.5) is 10.8 Å². The molecule has 0 aliphatic carbocycles. The SMILES string of the molecule is CCc1nnc(NS(=O)(=O)c2c[nH]c3cc(N)ccc23)s1. The third-order valence-electron chi connectivity index (χ3n) is 2.95. The molecule has 0 unspecified atom stereocenters. The first kappa shape index (κ1) is 13.8. The number of H-pyrrole nitrogens is 1. The number of sulfonamides is 1. The Hall–Kier alpha value is -2.13. The van der Waals surface area contributed by atoms with Crippen LogP contribution in [-0.2, 0) is 16.4 Å². The van der Waals surface area contributed by atoms with Gasteiger partial charge in [0, 0.05) is 22.8 Å². The molecule has 1 aromatic carbocycles. The molecule has 0 aliphatic heterocycles. The van der Waals surface area contributed by atoms with Crippen molar-refractivity contribution in [2.75, 3.05) is 10.5 Å². The van der Waals surface area contributed by atoms with E-state index < -0.39 is 10.0 Å². The zero-order chi connectivity index (χ0) is 15.0. The number of aromatic amines is 1. The molecule has 3 rings (SSSR count). The fourth-order valence-electron chi connectivity index (χ4n) is 1.95. The summed E-state index contributed by atoms with van der Waals surface area (Å²) in [5, 5.41) is 9.33. The predicted octanol–water partition coefficient (Wildman–Crippen LogP) is 1.96. The molecule has 2 heterocycles.